The van der Waals surface area contributed by atoms with Gasteiger partial charge in [-0.3, -0.25) is 14.7 Å². The van der Waals surface area contributed by atoms with Crippen molar-refractivity contribution >= 4 is 11.8 Å². The number of amides is 2. The SMILES string of the molecule is C[C@@H]1CCN(C(=O)[C@@]23CCN(C(=O)c4ncn[nH]4)C[C@@H]2C3)C1. The normalized spacial score (nSPS) is 33.7. The topological polar surface area (TPSA) is 82.2 Å². The zero-order chi connectivity index (χ0) is 15.3. The summed E-state index contributed by atoms with van der Waals surface area (Å²) in [5.41, 5.74) is -0.178. The molecule has 22 heavy (non-hydrogen) atoms. The van der Waals surface area contributed by atoms with Crippen molar-refractivity contribution in [3.05, 3.63) is 12.2 Å². The van der Waals surface area contributed by atoms with Crippen LogP contribution in [0.5, 0.6) is 0 Å². The van der Waals surface area contributed by atoms with Crippen LogP contribution >= 0.6 is 0 Å². The van der Waals surface area contributed by atoms with Crippen molar-refractivity contribution in [1.82, 2.24) is 25.0 Å². The van der Waals surface area contributed by atoms with Gasteiger partial charge in [0, 0.05) is 26.2 Å². The average Bonchev–Trinajstić information content (AvgIpc) is 2.88. The summed E-state index contributed by atoms with van der Waals surface area (Å²) in [4.78, 5) is 32.9. The molecule has 3 fully saturated rings. The number of hydrogen-bond donors (Lipinski definition) is 1. The largest absolute Gasteiger partial charge is 0.342 e. The molecular formula is C15H21N5O2. The summed E-state index contributed by atoms with van der Waals surface area (Å²) in [5.74, 6) is 1.43. The molecule has 3 atom stereocenters. The molecule has 1 aliphatic carbocycles. The molecule has 3 heterocycles. The molecule has 2 amide bonds. The fraction of sp³-hybridized carbons (Fsp3) is 0.733. The first-order chi connectivity index (χ1) is 10.6. The van der Waals surface area contributed by atoms with Gasteiger partial charge in [-0.25, -0.2) is 4.98 Å². The van der Waals surface area contributed by atoms with Gasteiger partial charge in [-0.05, 0) is 31.1 Å². The van der Waals surface area contributed by atoms with Crippen LogP contribution in [0.1, 0.15) is 36.8 Å². The second-order valence-electron chi connectivity index (χ2n) is 7.04. The molecule has 0 unspecified atom stereocenters. The van der Waals surface area contributed by atoms with Gasteiger partial charge in [0.15, 0.2) is 0 Å². The lowest BCUT2D eigenvalue weighted by Gasteiger charge is -2.32. The van der Waals surface area contributed by atoms with Gasteiger partial charge in [-0.1, -0.05) is 6.92 Å². The number of hydrogen-bond acceptors (Lipinski definition) is 4. The Labute approximate surface area is 129 Å². The highest BCUT2D eigenvalue weighted by molar-refractivity contribution is 5.91. The van der Waals surface area contributed by atoms with Gasteiger partial charge < -0.3 is 9.80 Å². The van der Waals surface area contributed by atoms with E-state index in [2.05, 4.69) is 22.1 Å². The van der Waals surface area contributed by atoms with Crippen molar-refractivity contribution in [2.45, 2.75) is 26.2 Å². The number of aromatic nitrogens is 3. The van der Waals surface area contributed by atoms with E-state index in [-0.39, 0.29) is 17.1 Å². The Morgan fingerprint density at radius 2 is 2.18 bits per heavy atom. The molecule has 2 saturated heterocycles. The highest BCUT2D eigenvalue weighted by atomic mass is 16.2. The number of nitrogens with zero attached hydrogens (tertiary/aromatic N) is 4. The Kier molecular flexibility index (Phi) is 2.99. The van der Waals surface area contributed by atoms with E-state index in [4.69, 9.17) is 0 Å². The number of nitrogens with one attached hydrogen (secondary N) is 1. The number of likely N-dealkylation sites (tertiary alicyclic amines) is 2. The van der Waals surface area contributed by atoms with Gasteiger partial charge >= 0.3 is 0 Å². The zero-order valence-electron chi connectivity index (χ0n) is 12.8. The molecule has 0 spiro atoms. The minimum absolute atomic E-state index is 0.111. The van der Waals surface area contributed by atoms with Crippen LogP contribution in [0.3, 0.4) is 0 Å². The summed E-state index contributed by atoms with van der Waals surface area (Å²) >= 11 is 0. The van der Waals surface area contributed by atoms with Crippen molar-refractivity contribution in [3.8, 4) is 0 Å². The highest BCUT2D eigenvalue weighted by Gasteiger charge is 2.63. The van der Waals surface area contributed by atoms with Crippen LogP contribution in [0, 0.1) is 17.3 Å². The summed E-state index contributed by atoms with van der Waals surface area (Å²) in [5, 5.41) is 6.34. The number of carbonyl (C=O) groups excluding carboxylic acids is 2. The van der Waals surface area contributed by atoms with Crippen LogP contribution in [-0.2, 0) is 4.79 Å². The van der Waals surface area contributed by atoms with Gasteiger partial charge in [-0.2, -0.15) is 5.10 Å². The van der Waals surface area contributed by atoms with Crippen LogP contribution in [-0.4, -0.2) is 63.0 Å². The van der Waals surface area contributed by atoms with Gasteiger partial charge in [0.25, 0.3) is 5.91 Å². The van der Waals surface area contributed by atoms with Gasteiger partial charge in [-0.15, -0.1) is 0 Å². The van der Waals surface area contributed by atoms with Crippen LogP contribution in [0.25, 0.3) is 0 Å². The predicted octanol–water partition coefficient (Wildman–Crippen LogP) is 0.525. The lowest BCUT2D eigenvalue weighted by Crippen LogP contribution is -2.45. The maximum absolute atomic E-state index is 12.8. The Hall–Kier alpha value is -1.92. The molecule has 0 radical (unpaired) electrons. The standard InChI is InChI=1S/C15H21N5O2/c1-10-2-4-20(7-10)14(22)15-3-5-19(8-11(15)6-15)13(21)12-16-9-17-18-12/h9-11H,2-8H2,1H3,(H,16,17,18)/t10-,11+,15-/m1/s1. The molecule has 7 nitrogen and oxygen atoms in total. The molecule has 1 aromatic heterocycles. The minimum Gasteiger partial charge on any atom is -0.342 e. The maximum Gasteiger partial charge on any atom is 0.291 e. The molecule has 0 aromatic carbocycles. The summed E-state index contributed by atoms with van der Waals surface area (Å²) in [7, 11) is 0. The zero-order valence-corrected chi connectivity index (χ0v) is 12.8. The lowest BCUT2D eigenvalue weighted by molar-refractivity contribution is -0.137. The third-order valence-electron chi connectivity index (χ3n) is 5.54. The Morgan fingerprint density at radius 1 is 1.32 bits per heavy atom. The first-order valence-electron chi connectivity index (χ1n) is 8.04. The monoisotopic (exact) mass is 303 g/mol. The summed E-state index contributed by atoms with van der Waals surface area (Å²) in [6.07, 6.45) is 4.16. The molecule has 1 N–H and O–H groups in total. The number of aromatic amines is 1. The third-order valence-corrected chi connectivity index (χ3v) is 5.54. The fourth-order valence-electron chi connectivity index (χ4n) is 4.06. The molecule has 3 aliphatic rings. The summed E-state index contributed by atoms with van der Waals surface area (Å²) in [6.45, 7) is 5.29. The molecule has 0 bridgehead atoms. The quantitative estimate of drug-likeness (QED) is 0.864. The van der Waals surface area contributed by atoms with E-state index < -0.39 is 0 Å². The predicted molar refractivity (Wildman–Crippen MR) is 77.8 cm³/mol. The van der Waals surface area contributed by atoms with Crippen LogP contribution < -0.4 is 0 Å². The molecule has 1 aromatic rings. The molecule has 1 saturated carbocycles. The number of piperidine rings is 1. The Morgan fingerprint density at radius 3 is 2.82 bits per heavy atom. The molecule has 4 rings (SSSR count). The van der Waals surface area contributed by atoms with E-state index >= 15 is 0 Å². The number of carbonyl (C=O) groups is 2. The number of fused-ring (bicyclic) bond motifs is 1. The third kappa shape index (κ3) is 2.02. The average molecular weight is 303 g/mol. The van der Waals surface area contributed by atoms with Gasteiger partial charge in [0.1, 0.15) is 6.33 Å². The fourth-order valence-corrected chi connectivity index (χ4v) is 4.06. The number of H-pyrrole nitrogens is 1. The van der Waals surface area contributed by atoms with Crippen LogP contribution in [0.15, 0.2) is 6.33 Å². The van der Waals surface area contributed by atoms with Crippen molar-refractivity contribution in [3.63, 3.8) is 0 Å². The molecule has 7 heteroatoms. The second kappa shape index (κ2) is 4.79. The Balaban J connectivity index is 1.41. The van der Waals surface area contributed by atoms with Gasteiger partial charge in [0.2, 0.25) is 11.7 Å². The van der Waals surface area contributed by atoms with E-state index in [1.807, 2.05) is 4.90 Å². The Bertz CT molecular complexity index is 601. The van der Waals surface area contributed by atoms with Crippen molar-refractivity contribution in [2.24, 2.45) is 17.3 Å². The lowest BCUT2D eigenvalue weighted by atomic mass is 9.93. The molecular weight excluding hydrogens is 282 g/mol. The van der Waals surface area contributed by atoms with Crippen molar-refractivity contribution in [1.29, 1.82) is 0 Å². The summed E-state index contributed by atoms with van der Waals surface area (Å²) < 4.78 is 0. The molecule has 2 aliphatic heterocycles. The van der Waals surface area contributed by atoms with E-state index in [0.29, 0.717) is 30.8 Å². The van der Waals surface area contributed by atoms with Gasteiger partial charge in [0.05, 0.1) is 5.41 Å². The smallest absolute Gasteiger partial charge is 0.291 e. The maximum atomic E-state index is 12.8. The van der Waals surface area contributed by atoms with Crippen molar-refractivity contribution in [2.75, 3.05) is 26.2 Å². The van der Waals surface area contributed by atoms with Crippen LogP contribution in [0.4, 0.5) is 0 Å². The minimum atomic E-state index is -0.178. The highest BCUT2D eigenvalue weighted by Crippen LogP contribution is 2.59. The number of rotatable bonds is 2. The van der Waals surface area contributed by atoms with E-state index in [9.17, 15) is 9.59 Å². The second-order valence-corrected chi connectivity index (χ2v) is 7.04. The molecule has 118 valence electrons. The summed E-state index contributed by atoms with van der Waals surface area (Å²) in [6, 6.07) is 0. The van der Waals surface area contributed by atoms with E-state index in [1.165, 1.54) is 6.33 Å². The first-order valence-corrected chi connectivity index (χ1v) is 8.04. The van der Waals surface area contributed by atoms with E-state index in [1.54, 1.807) is 4.90 Å². The van der Waals surface area contributed by atoms with Crippen LogP contribution in [0.2, 0.25) is 0 Å². The first kappa shape index (κ1) is 13.7. The van der Waals surface area contributed by atoms with E-state index in [0.717, 1.165) is 32.4 Å². The van der Waals surface area contributed by atoms with Crippen molar-refractivity contribution < 1.29 is 9.59 Å².